The van der Waals surface area contributed by atoms with Crippen molar-refractivity contribution >= 4 is 54.5 Å². The smallest absolute Gasteiger partial charge is 0.0788 e. The molecule has 10 rings (SSSR count). The molecule has 0 bridgehead atoms. The lowest BCUT2D eigenvalue weighted by atomic mass is 9.95. The van der Waals surface area contributed by atoms with Crippen LogP contribution in [0, 0.1) is 0 Å². The molecule has 1 aliphatic rings. The highest BCUT2D eigenvalue weighted by Crippen LogP contribution is 2.43. The van der Waals surface area contributed by atoms with E-state index in [-0.39, 0.29) is 0 Å². The van der Waals surface area contributed by atoms with Crippen molar-refractivity contribution in [2.75, 3.05) is 0 Å². The van der Waals surface area contributed by atoms with Crippen LogP contribution in [-0.4, -0.2) is 13.7 Å². The van der Waals surface area contributed by atoms with Gasteiger partial charge in [0.1, 0.15) is 0 Å². The number of benzene rings is 6. The van der Waals surface area contributed by atoms with E-state index in [2.05, 4.69) is 153 Å². The van der Waals surface area contributed by atoms with Gasteiger partial charge in [0.25, 0.3) is 0 Å². The van der Waals surface area contributed by atoms with E-state index >= 15 is 0 Å². The number of rotatable bonds is 3. The van der Waals surface area contributed by atoms with Gasteiger partial charge in [0.2, 0.25) is 0 Å². The van der Waals surface area contributed by atoms with Gasteiger partial charge in [0.05, 0.1) is 27.6 Å². The number of fused-ring (bicyclic) bond motifs is 10. The first-order chi connectivity index (χ1) is 22.4. The van der Waals surface area contributed by atoms with Crippen LogP contribution >= 0.6 is 0 Å². The molecule has 0 unspecified atom stereocenters. The van der Waals surface area contributed by atoms with Crippen molar-refractivity contribution in [3.8, 4) is 17.1 Å². The van der Waals surface area contributed by atoms with Crippen LogP contribution in [0.25, 0.3) is 71.6 Å². The van der Waals surface area contributed by atoms with Gasteiger partial charge in [-0.1, -0.05) is 84.9 Å². The Morgan fingerprint density at radius 1 is 0.356 bits per heavy atom. The molecule has 45 heavy (non-hydrogen) atoms. The Kier molecular flexibility index (Phi) is 5.23. The summed E-state index contributed by atoms with van der Waals surface area (Å²) in [6, 6.07) is 51.3. The zero-order valence-electron chi connectivity index (χ0n) is 24.9. The van der Waals surface area contributed by atoms with Crippen LogP contribution in [0.1, 0.15) is 24.1 Å². The minimum absolute atomic E-state index is 1.12. The Morgan fingerprint density at radius 2 is 0.911 bits per heavy atom. The maximum Gasteiger partial charge on any atom is 0.0788 e. The number of hydrogen-bond donors (Lipinski definition) is 0. The van der Waals surface area contributed by atoms with E-state index in [9.17, 15) is 0 Å². The minimum atomic E-state index is 1.12. The molecule has 0 radical (unpaired) electrons. The van der Waals surface area contributed by atoms with Crippen LogP contribution < -0.4 is 0 Å². The second kappa shape index (κ2) is 9.48. The summed E-state index contributed by atoms with van der Waals surface area (Å²) >= 11 is 0. The molecule has 3 heterocycles. The number of hydrogen-bond acceptors (Lipinski definition) is 0. The van der Waals surface area contributed by atoms with Gasteiger partial charge in [-0.3, -0.25) is 0 Å². The quantitative estimate of drug-likeness (QED) is 0.198. The molecule has 0 fully saturated rings. The number of aryl methyl sites for hydroxylation is 1. The van der Waals surface area contributed by atoms with Crippen LogP contribution in [0.3, 0.4) is 0 Å². The molecular weight excluding hydrogens is 546 g/mol. The van der Waals surface area contributed by atoms with Gasteiger partial charge in [0.15, 0.2) is 0 Å². The molecule has 0 saturated carbocycles. The molecule has 1 aliphatic carbocycles. The molecule has 3 aromatic heterocycles. The summed E-state index contributed by atoms with van der Waals surface area (Å²) < 4.78 is 7.51. The SMILES string of the molecule is c1ccc(-n2c3c(c4ccc5c6ccccc6n(-c6ccc7c(c6)c6ccccc6n7-c6ccccc6)c5c42)CCCC3)cc1. The van der Waals surface area contributed by atoms with E-state index in [1.54, 1.807) is 0 Å². The van der Waals surface area contributed by atoms with Crippen molar-refractivity contribution < 1.29 is 0 Å². The van der Waals surface area contributed by atoms with Crippen molar-refractivity contribution in [3.63, 3.8) is 0 Å². The third-order valence-electron chi connectivity index (χ3n) is 10.0. The van der Waals surface area contributed by atoms with Gasteiger partial charge in [-0.25, -0.2) is 0 Å². The van der Waals surface area contributed by atoms with E-state index in [4.69, 9.17) is 0 Å². The monoisotopic (exact) mass is 577 g/mol. The lowest BCUT2D eigenvalue weighted by molar-refractivity contribution is 0.667. The lowest BCUT2D eigenvalue weighted by Crippen LogP contribution is -2.07. The molecule has 214 valence electrons. The molecule has 9 aromatic rings. The molecule has 0 aliphatic heterocycles. The lowest BCUT2D eigenvalue weighted by Gasteiger charge is -2.16. The fraction of sp³-hybridized carbons (Fsp3) is 0.0952. The predicted molar refractivity (Wildman–Crippen MR) is 189 cm³/mol. The van der Waals surface area contributed by atoms with Crippen molar-refractivity contribution in [2.24, 2.45) is 0 Å². The van der Waals surface area contributed by atoms with Gasteiger partial charge in [0, 0.05) is 49.7 Å². The van der Waals surface area contributed by atoms with Gasteiger partial charge in [-0.05, 0) is 85.8 Å². The first-order valence-electron chi connectivity index (χ1n) is 16.1. The van der Waals surface area contributed by atoms with E-state index in [1.165, 1.54) is 95.7 Å². The van der Waals surface area contributed by atoms with E-state index in [0.717, 1.165) is 12.8 Å². The molecule has 3 heteroatoms. The van der Waals surface area contributed by atoms with Crippen molar-refractivity contribution in [2.45, 2.75) is 25.7 Å². The summed E-state index contributed by atoms with van der Waals surface area (Å²) in [5.41, 5.74) is 12.9. The summed E-state index contributed by atoms with van der Waals surface area (Å²) in [5.74, 6) is 0. The Hall–Kier alpha value is -5.54. The highest BCUT2D eigenvalue weighted by molar-refractivity contribution is 6.19. The second-order valence-electron chi connectivity index (χ2n) is 12.4. The van der Waals surface area contributed by atoms with Crippen LogP contribution in [0.4, 0.5) is 0 Å². The summed E-state index contributed by atoms with van der Waals surface area (Å²) in [4.78, 5) is 0. The molecule has 0 spiro atoms. The molecule has 0 saturated heterocycles. The third kappa shape index (κ3) is 3.47. The van der Waals surface area contributed by atoms with E-state index in [0.29, 0.717) is 0 Å². The standard InChI is InChI=1S/C42H31N3/c1-3-13-28(14-4-1)43-37-20-10-9-19-33(37)36-27-30(23-26-40(36)43)45-39-22-12-8-18-32(39)35-25-24-34-31-17-7-11-21-38(31)44(41(34)42(35)45)29-15-5-2-6-16-29/h1-6,8-10,12-16,18-20,22-27H,7,11,17,21H2. The zero-order valence-corrected chi connectivity index (χ0v) is 24.9. The Labute approximate surface area is 261 Å². The second-order valence-corrected chi connectivity index (χ2v) is 12.4. The Balaban J connectivity index is 1.36. The van der Waals surface area contributed by atoms with Gasteiger partial charge in [-0.2, -0.15) is 0 Å². The van der Waals surface area contributed by atoms with Crippen LogP contribution in [0.5, 0.6) is 0 Å². The first-order valence-corrected chi connectivity index (χ1v) is 16.1. The highest BCUT2D eigenvalue weighted by Gasteiger charge is 2.25. The zero-order chi connectivity index (χ0) is 29.5. The third-order valence-corrected chi connectivity index (χ3v) is 10.0. The average Bonchev–Trinajstić information content (AvgIpc) is 3.74. The molecule has 0 amide bonds. The number of para-hydroxylation sites is 4. The molecule has 0 N–H and O–H groups in total. The minimum Gasteiger partial charge on any atom is -0.311 e. The largest absolute Gasteiger partial charge is 0.311 e. The van der Waals surface area contributed by atoms with Crippen LogP contribution in [0.15, 0.2) is 140 Å². The van der Waals surface area contributed by atoms with Crippen molar-refractivity contribution in [3.05, 3.63) is 151 Å². The number of aromatic nitrogens is 3. The predicted octanol–water partition coefficient (Wildman–Crippen LogP) is 10.7. The topological polar surface area (TPSA) is 14.8 Å². The summed E-state index contributed by atoms with van der Waals surface area (Å²) in [7, 11) is 0. The van der Waals surface area contributed by atoms with Crippen molar-refractivity contribution in [1.29, 1.82) is 0 Å². The molecule has 0 atom stereocenters. The van der Waals surface area contributed by atoms with Crippen LogP contribution in [-0.2, 0) is 12.8 Å². The van der Waals surface area contributed by atoms with Gasteiger partial charge >= 0.3 is 0 Å². The van der Waals surface area contributed by atoms with Gasteiger partial charge < -0.3 is 13.7 Å². The summed E-state index contributed by atoms with van der Waals surface area (Å²) in [5, 5.41) is 6.53. The Bertz CT molecular complexity index is 2580. The number of nitrogens with zero attached hydrogens (tertiary/aromatic N) is 3. The molecule has 6 aromatic carbocycles. The summed E-state index contributed by atoms with van der Waals surface area (Å²) in [6.07, 6.45) is 4.75. The average molecular weight is 578 g/mol. The van der Waals surface area contributed by atoms with Gasteiger partial charge in [-0.15, -0.1) is 0 Å². The normalized spacial score (nSPS) is 13.4. The maximum absolute atomic E-state index is 2.58. The van der Waals surface area contributed by atoms with E-state index in [1.807, 2.05) is 0 Å². The summed E-state index contributed by atoms with van der Waals surface area (Å²) in [6.45, 7) is 0. The van der Waals surface area contributed by atoms with Crippen LogP contribution in [0.2, 0.25) is 0 Å². The fourth-order valence-corrected chi connectivity index (χ4v) is 8.16. The van der Waals surface area contributed by atoms with Crippen molar-refractivity contribution in [1.82, 2.24) is 13.7 Å². The molecule has 3 nitrogen and oxygen atoms in total. The Morgan fingerprint density at radius 3 is 1.67 bits per heavy atom. The maximum atomic E-state index is 2.58. The first kappa shape index (κ1) is 24.9. The van der Waals surface area contributed by atoms with E-state index < -0.39 is 0 Å². The highest BCUT2D eigenvalue weighted by atomic mass is 15.1. The molecular formula is C42H31N3. The fourth-order valence-electron chi connectivity index (χ4n) is 8.16.